The van der Waals surface area contributed by atoms with Crippen molar-refractivity contribution in [2.24, 2.45) is 0 Å². The van der Waals surface area contributed by atoms with Gasteiger partial charge in [-0.15, -0.1) is 0 Å². The molecule has 48 heavy (non-hydrogen) atoms. The third kappa shape index (κ3) is 7.27. The van der Waals surface area contributed by atoms with Crippen LogP contribution in [0.5, 0.6) is 11.5 Å². The fourth-order valence-corrected chi connectivity index (χ4v) is 2.51. The van der Waals surface area contributed by atoms with E-state index >= 15 is 0 Å². The summed E-state index contributed by atoms with van der Waals surface area (Å²) in [6.45, 7) is 0. The molecule has 0 fully saturated rings. The Bertz CT molecular complexity index is 1340. The number of carbonyl (C=O) groups is 1. The smallest absolute Gasteiger partial charge is 0.462 e. The quantitative estimate of drug-likeness (QED) is 0.121. The lowest BCUT2D eigenvalue weighted by Gasteiger charge is -2.42. The summed E-state index contributed by atoms with van der Waals surface area (Å²) in [6.07, 6.45) is -58.1. The van der Waals surface area contributed by atoms with Crippen molar-refractivity contribution in [1.29, 1.82) is 0 Å². The van der Waals surface area contributed by atoms with E-state index in [0.29, 0.717) is 11.4 Å². The molecule has 1 aromatic carbocycles. The Balaban J connectivity index is 3.89. The summed E-state index contributed by atoms with van der Waals surface area (Å²) in [7, 11) is 0. The maximum absolute atomic E-state index is 14.6. The molecule has 3 unspecified atom stereocenters. The van der Waals surface area contributed by atoms with Crippen LogP contribution in [0.2, 0.25) is 0 Å². The molecule has 0 saturated carbocycles. The second-order valence-corrected chi connectivity index (χ2v) is 8.36. The number of benzene rings is 1. The minimum Gasteiger partial charge on any atom is -0.508 e. The van der Waals surface area contributed by atoms with Gasteiger partial charge in [0.15, 0.2) is 0 Å². The monoisotopic (exact) mass is 769 g/mol. The molecule has 0 aliphatic heterocycles. The first kappa shape index (κ1) is 42.6. The number of anilines is 1. The van der Waals surface area contributed by atoms with Gasteiger partial charge in [0.25, 0.3) is 5.91 Å². The van der Waals surface area contributed by atoms with Crippen molar-refractivity contribution in [2.45, 2.75) is 66.5 Å². The van der Waals surface area contributed by atoms with Gasteiger partial charge < -0.3 is 15.5 Å². The van der Waals surface area contributed by atoms with Crippen LogP contribution in [0.25, 0.3) is 0 Å². The number of amides is 1. The van der Waals surface area contributed by atoms with Crippen molar-refractivity contribution in [3.8, 4) is 11.5 Å². The molecule has 3 atom stereocenters. The standard InChI is InChI=1S/C18H6F23NO6/c19-8(12(24,25)26,7(45)42-5-3-4(43)1-2-6(5)44)46-17(38,39)10(22,14(30,31)32)48-18(40,41)11(23,15(33,34)35)47-16(36,37)9(20,21)13(27,28)29/h1-3,43-44H,(H,42,45). The summed E-state index contributed by atoms with van der Waals surface area (Å²) in [5.74, 6) is -39.8. The summed E-state index contributed by atoms with van der Waals surface area (Å²) in [5.41, 5.74) is -1.70. The van der Waals surface area contributed by atoms with Gasteiger partial charge in [-0.2, -0.15) is 101 Å². The van der Waals surface area contributed by atoms with Crippen LogP contribution in [-0.4, -0.2) is 82.6 Å². The first-order valence-corrected chi connectivity index (χ1v) is 10.5. The first-order valence-electron chi connectivity index (χ1n) is 10.5. The van der Waals surface area contributed by atoms with Crippen LogP contribution in [-0.2, 0) is 19.0 Å². The Hall–Kier alpha value is -3.44. The molecule has 0 aliphatic carbocycles. The van der Waals surface area contributed by atoms with Gasteiger partial charge in [0.2, 0.25) is 0 Å². The fourth-order valence-electron chi connectivity index (χ4n) is 2.51. The zero-order chi connectivity index (χ0) is 38.8. The third-order valence-electron chi connectivity index (χ3n) is 4.89. The van der Waals surface area contributed by atoms with Gasteiger partial charge in [-0.25, -0.2) is 0 Å². The lowest BCUT2D eigenvalue weighted by molar-refractivity contribution is -0.577. The van der Waals surface area contributed by atoms with Crippen LogP contribution >= 0.6 is 0 Å². The second kappa shape index (κ2) is 11.9. The molecule has 0 aliphatic rings. The Morgan fingerprint density at radius 2 is 0.896 bits per heavy atom. The van der Waals surface area contributed by atoms with Crippen LogP contribution in [0.4, 0.5) is 107 Å². The molecule has 280 valence electrons. The Morgan fingerprint density at radius 1 is 0.521 bits per heavy atom. The maximum Gasteiger partial charge on any atom is 0.462 e. The van der Waals surface area contributed by atoms with E-state index in [1.165, 1.54) is 0 Å². The van der Waals surface area contributed by atoms with Gasteiger partial charge >= 0.3 is 66.5 Å². The minimum absolute atomic E-state index is 0.0863. The van der Waals surface area contributed by atoms with E-state index in [1.54, 1.807) is 4.74 Å². The molecule has 0 saturated heterocycles. The molecule has 3 N–H and O–H groups in total. The maximum atomic E-state index is 14.6. The van der Waals surface area contributed by atoms with Crippen LogP contribution in [0, 0.1) is 0 Å². The summed E-state index contributed by atoms with van der Waals surface area (Å²) in [6, 6.07) is 0.549. The van der Waals surface area contributed by atoms with Gasteiger partial charge in [0.1, 0.15) is 11.5 Å². The van der Waals surface area contributed by atoms with E-state index in [0.717, 1.165) is 9.47 Å². The van der Waals surface area contributed by atoms with Crippen molar-refractivity contribution in [1.82, 2.24) is 0 Å². The number of phenols is 2. The highest BCUT2D eigenvalue weighted by atomic mass is 19.4. The largest absolute Gasteiger partial charge is 0.508 e. The van der Waals surface area contributed by atoms with Crippen LogP contribution in [0.3, 0.4) is 0 Å². The number of hydrogen-bond acceptors (Lipinski definition) is 6. The molecule has 0 radical (unpaired) electrons. The molecule has 7 nitrogen and oxygen atoms in total. The second-order valence-electron chi connectivity index (χ2n) is 8.36. The van der Waals surface area contributed by atoms with E-state index in [9.17, 15) is 111 Å². The Kier molecular flexibility index (Phi) is 10.5. The molecule has 1 aromatic rings. The van der Waals surface area contributed by atoms with E-state index < -0.39 is 89.6 Å². The lowest BCUT2D eigenvalue weighted by atomic mass is 10.2. The van der Waals surface area contributed by atoms with Crippen molar-refractivity contribution in [3.05, 3.63) is 18.2 Å². The summed E-state index contributed by atoms with van der Waals surface area (Å²) in [4.78, 5) is 11.8. The molecular weight excluding hydrogens is 763 g/mol. The SMILES string of the molecule is O=C(Nc1cc(O)ccc1O)C(F)(OC(F)(F)C(F)(OC(F)(F)C(F)(OC(F)(F)C(F)(F)C(F)(F)F)C(F)(F)F)C(F)(F)F)C(F)(F)F. The van der Waals surface area contributed by atoms with Crippen molar-refractivity contribution < 1.29 is 130 Å². The molecule has 1 amide bonds. The van der Waals surface area contributed by atoms with Gasteiger partial charge in [-0.3, -0.25) is 19.0 Å². The number of hydrogen-bond donors (Lipinski definition) is 3. The summed E-state index contributed by atoms with van der Waals surface area (Å²) in [5, 5.41) is 18.8. The molecule has 0 bridgehead atoms. The number of halogens is 23. The molecule has 1 rings (SSSR count). The Morgan fingerprint density at radius 3 is 1.25 bits per heavy atom. The number of carbonyl (C=O) groups excluding carboxylic acids is 1. The van der Waals surface area contributed by atoms with Gasteiger partial charge in [0.05, 0.1) is 5.69 Å². The number of aromatic hydroxyl groups is 2. The first-order chi connectivity index (χ1) is 20.7. The molecule has 0 aromatic heterocycles. The normalized spacial score (nSPS) is 18.5. The van der Waals surface area contributed by atoms with Crippen LogP contribution < -0.4 is 5.32 Å². The zero-order valence-corrected chi connectivity index (χ0v) is 21.0. The topological polar surface area (TPSA) is 97.3 Å². The minimum atomic E-state index is -8.82. The van der Waals surface area contributed by atoms with Crippen LogP contribution in [0.1, 0.15) is 0 Å². The molecule has 30 heteroatoms. The number of phenolic OH excluding ortho intramolecular Hbond substituents is 2. The molecule has 0 heterocycles. The van der Waals surface area contributed by atoms with E-state index in [2.05, 4.69) is 0 Å². The number of alkyl halides is 23. The van der Waals surface area contributed by atoms with Crippen LogP contribution in [0.15, 0.2) is 18.2 Å². The predicted octanol–water partition coefficient (Wildman–Crippen LogP) is 7.75. The summed E-state index contributed by atoms with van der Waals surface area (Å²) >= 11 is 0. The van der Waals surface area contributed by atoms with E-state index in [1.807, 2.05) is 0 Å². The average molecular weight is 769 g/mol. The van der Waals surface area contributed by atoms with Crippen molar-refractivity contribution in [2.75, 3.05) is 5.32 Å². The highest BCUT2D eigenvalue weighted by Crippen LogP contribution is 2.59. The highest BCUT2D eigenvalue weighted by Gasteiger charge is 2.88. The van der Waals surface area contributed by atoms with Gasteiger partial charge in [0, 0.05) is 6.07 Å². The molecule has 0 spiro atoms. The van der Waals surface area contributed by atoms with Gasteiger partial charge in [-0.05, 0) is 12.1 Å². The zero-order valence-electron chi connectivity index (χ0n) is 21.0. The fraction of sp³-hybridized carbons (Fsp3) is 0.611. The molecular formula is C18H6F23NO6. The van der Waals surface area contributed by atoms with Crippen molar-refractivity contribution in [3.63, 3.8) is 0 Å². The third-order valence-corrected chi connectivity index (χ3v) is 4.89. The lowest BCUT2D eigenvalue weighted by Crippen LogP contribution is -2.71. The number of nitrogens with one attached hydrogen (secondary N) is 1. The Labute approximate surface area is 244 Å². The number of rotatable bonds is 11. The predicted molar refractivity (Wildman–Crippen MR) is 97.2 cm³/mol. The summed E-state index contributed by atoms with van der Waals surface area (Å²) < 4.78 is 311. The van der Waals surface area contributed by atoms with Gasteiger partial charge in [-0.1, -0.05) is 0 Å². The van der Waals surface area contributed by atoms with E-state index in [-0.39, 0.29) is 12.1 Å². The van der Waals surface area contributed by atoms with E-state index in [4.69, 9.17) is 5.11 Å². The average Bonchev–Trinajstić information content (AvgIpc) is 2.82. The highest BCUT2D eigenvalue weighted by molar-refractivity contribution is 5.98. The number of ether oxygens (including phenoxy) is 3. The van der Waals surface area contributed by atoms with Crippen molar-refractivity contribution >= 4 is 11.6 Å².